The van der Waals surface area contributed by atoms with Gasteiger partial charge in [0.15, 0.2) is 11.2 Å². The number of halogens is 2. The first-order valence-electron chi connectivity index (χ1n) is 12.4. The summed E-state index contributed by atoms with van der Waals surface area (Å²) < 4.78 is 11.4. The molecule has 1 atom stereocenters. The molecule has 1 saturated heterocycles. The highest BCUT2D eigenvalue weighted by Gasteiger charge is 2.18. The molecular weight excluding hydrogens is 515 g/mol. The fourth-order valence-corrected chi connectivity index (χ4v) is 4.33. The lowest BCUT2D eigenvalue weighted by Gasteiger charge is -2.18. The molecule has 1 unspecified atom stereocenters. The van der Waals surface area contributed by atoms with Gasteiger partial charge in [0.25, 0.3) is 12.0 Å². The number of nitrogens with two attached hydrogens (primary N) is 1. The van der Waals surface area contributed by atoms with Gasteiger partial charge in [0.2, 0.25) is 0 Å². The molecule has 198 valence electrons. The number of nitrogens with one attached hydrogen (secondary N) is 1. The maximum Gasteiger partial charge on any atom is 0.298 e. The molecule has 0 spiro atoms. The highest BCUT2D eigenvalue weighted by Crippen LogP contribution is 2.26. The number of benzene rings is 2. The fraction of sp³-hybridized carbons (Fsp3) is 0.423. The Hall–Kier alpha value is -2.85. The molecule has 5 rings (SSSR count). The Kier molecular flexibility index (Phi) is 9.26. The van der Waals surface area contributed by atoms with Crippen molar-refractivity contribution in [2.75, 3.05) is 49.1 Å². The van der Waals surface area contributed by atoms with Gasteiger partial charge in [0.05, 0.1) is 0 Å². The molecule has 37 heavy (non-hydrogen) atoms. The summed E-state index contributed by atoms with van der Waals surface area (Å²) in [4.78, 5) is 24.0. The van der Waals surface area contributed by atoms with Crippen molar-refractivity contribution in [1.82, 2.24) is 15.3 Å². The Bertz CT molecular complexity index is 1340. The number of rotatable bonds is 7. The number of aromatic nitrogens is 2. The molecule has 0 aliphatic carbocycles. The first kappa shape index (κ1) is 27.2. The minimum atomic E-state index is 0.126. The summed E-state index contributed by atoms with van der Waals surface area (Å²) in [7, 11) is 0. The Morgan fingerprint density at radius 2 is 1.76 bits per heavy atom. The Morgan fingerprint density at radius 1 is 1.08 bits per heavy atom. The molecule has 0 bridgehead atoms. The minimum Gasteiger partial charge on any atom is -0.423 e. The first-order valence-corrected chi connectivity index (χ1v) is 13.1. The second-order valence-electron chi connectivity index (χ2n) is 9.08. The van der Waals surface area contributed by atoms with Crippen LogP contribution in [0.1, 0.15) is 26.7 Å². The fourth-order valence-electron chi connectivity index (χ4n) is 4.00. The van der Waals surface area contributed by atoms with Crippen LogP contribution in [0.3, 0.4) is 0 Å². The predicted octanol–water partition coefficient (Wildman–Crippen LogP) is 4.89. The largest absolute Gasteiger partial charge is 0.423 e. The monoisotopic (exact) mass is 546 g/mol. The summed E-state index contributed by atoms with van der Waals surface area (Å²) in [6.45, 7) is 8.22. The Balaban J connectivity index is 0.000000173. The lowest BCUT2D eigenvalue weighted by Crippen LogP contribution is -2.31. The number of ketones is 1. The maximum atomic E-state index is 11.1. The standard InChI is InChI=1S/C13H16ClN3O2.C13H16ClN3O/c1-9(18)4-6-17(7-5-15)13-16-11-8-10(14)2-3-12(11)19-13;1-9-4-6-17(7-5-15-9)13-16-11-8-10(14)2-3-12(11)18-13/h2-3,8H,4-7,15H2,1H3;2-3,8-9,15H,4-7H2,1H3. The number of carbonyl (C=O) groups excluding carboxylic acids is 1. The van der Waals surface area contributed by atoms with E-state index in [4.69, 9.17) is 37.8 Å². The second kappa shape index (κ2) is 12.6. The molecule has 3 heterocycles. The van der Waals surface area contributed by atoms with Crippen molar-refractivity contribution in [2.45, 2.75) is 32.7 Å². The van der Waals surface area contributed by atoms with Crippen LogP contribution in [0.4, 0.5) is 12.0 Å². The van der Waals surface area contributed by atoms with Crippen LogP contribution >= 0.6 is 23.2 Å². The molecule has 9 nitrogen and oxygen atoms in total. The third-order valence-corrected chi connectivity index (χ3v) is 6.53. The van der Waals surface area contributed by atoms with E-state index in [9.17, 15) is 4.79 Å². The minimum absolute atomic E-state index is 0.126. The number of nitrogens with zero attached hydrogens (tertiary/aromatic N) is 4. The van der Waals surface area contributed by atoms with E-state index < -0.39 is 0 Å². The van der Waals surface area contributed by atoms with Gasteiger partial charge in [-0.1, -0.05) is 23.2 Å². The van der Waals surface area contributed by atoms with Gasteiger partial charge in [-0.2, -0.15) is 9.97 Å². The van der Waals surface area contributed by atoms with Crippen LogP contribution in [0.25, 0.3) is 22.2 Å². The van der Waals surface area contributed by atoms with Crippen molar-refractivity contribution in [3.8, 4) is 0 Å². The van der Waals surface area contributed by atoms with Crippen LogP contribution in [-0.4, -0.2) is 61.1 Å². The lowest BCUT2D eigenvalue weighted by atomic mass is 10.2. The van der Waals surface area contributed by atoms with Crippen molar-refractivity contribution < 1.29 is 13.6 Å². The molecule has 1 aliphatic rings. The van der Waals surface area contributed by atoms with E-state index in [0.717, 1.165) is 37.2 Å². The highest BCUT2D eigenvalue weighted by molar-refractivity contribution is 6.31. The van der Waals surface area contributed by atoms with Crippen molar-refractivity contribution in [1.29, 1.82) is 0 Å². The lowest BCUT2D eigenvalue weighted by molar-refractivity contribution is -0.116. The molecule has 1 aliphatic heterocycles. The van der Waals surface area contributed by atoms with E-state index >= 15 is 0 Å². The molecule has 0 amide bonds. The smallest absolute Gasteiger partial charge is 0.298 e. The van der Waals surface area contributed by atoms with Crippen molar-refractivity contribution in [3.05, 3.63) is 46.4 Å². The van der Waals surface area contributed by atoms with Gasteiger partial charge in [-0.05, 0) is 56.7 Å². The zero-order valence-electron chi connectivity index (χ0n) is 21.0. The van der Waals surface area contributed by atoms with Crippen molar-refractivity contribution in [2.24, 2.45) is 5.73 Å². The summed E-state index contributed by atoms with van der Waals surface area (Å²) in [6.07, 6.45) is 1.54. The molecule has 0 saturated carbocycles. The summed E-state index contributed by atoms with van der Waals surface area (Å²) in [5, 5.41) is 4.76. The zero-order valence-corrected chi connectivity index (χ0v) is 22.6. The zero-order chi connectivity index (χ0) is 26.4. The van der Waals surface area contributed by atoms with E-state index in [0.29, 0.717) is 65.3 Å². The first-order chi connectivity index (χ1) is 17.8. The molecule has 2 aromatic carbocycles. The van der Waals surface area contributed by atoms with E-state index in [1.807, 2.05) is 23.1 Å². The second-order valence-corrected chi connectivity index (χ2v) is 9.95. The summed E-state index contributed by atoms with van der Waals surface area (Å²) in [5.41, 5.74) is 8.56. The topological polar surface area (TPSA) is 114 Å². The van der Waals surface area contributed by atoms with Crippen LogP contribution in [0.15, 0.2) is 45.2 Å². The van der Waals surface area contributed by atoms with Gasteiger partial charge in [-0.15, -0.1) is 0 Å². The van der Waals surface area contributed by atoms with Gasteiger partial charge in [0, 0.05) is 61.8 Å². The molecule has 1 fully saturated rings. The molecule has 3 N–H and O–H groups in total. The number of carbonyl (C=O) groups is 1. The number of hydrogen-bond donors (Lipinski definition) is 2. The van der Waals surface area contributed by atoms with Crippen molar-refractivity contribution in [3.63, 3.8) is 0 Å². The van der Waals surface area contributed by atoms with Crippen LogP contribution in [0.2, 0.25) is 10.0 Å². The number of anilines is 2. The SMILES string of the molecule is CC(=O)CCN(CCN)c1nc2cc(Cl)ccc2o1.CC1CCN(c2nc3cc(Cl)ccc3o2)CCN1. The van der Waals surface area contributed by atoms with Crippen LogP contribution < -0.4 is 20.9 Å². The summed E-state index contributed by atoms with van der Waals surface area (Å²) in [6, 6.07) is 12.5. The molecule has 0 radical (unpaired) electrons. The maximum absolute atomic E-state index is 11.1. The van der Waals surface area contributed by atoms with Crippen molar-refractivity contribution >= 4 is 63.2 Å². The average Bonchev–Trinajstić information content (AvgIpc) is 3.40. The molecule has 11 heteroatoms. The Morgan fingerprint density at radius 3 is 2.43 bits per heavy atom. The van der Waals surface area contributed by atoms with Crippen LogP contribution in [-0.2, 0) is 4.79 Å². The third-order valence-electron chi connectivity index (χ3n) is 6.06. The third kappa shape index (κ3) is 7.35. The van der Waals surface area contributed by atoms with E-state index in [-0.39, 0.29) is 5.78 Å². The summed E-state index contributed by atoms with van der Waals surface area (Å²) in [5.74, 6) is 0.126. The van der Waals surface area contributed by atoms with E-state index in [1.165, 1.54) is 0 Å². The number of hydrogen-bond acceptors (Lipinski definition) is 9. The van der Waals surface area contributed by atoms with E-state index in [1.54, 1.807) is 25.1 Å². The predicted molar refractivity (Wildman–Crippen MR) is 149 cm³/mol. The van der Waals surface area contributed by atoms with E-state index in [2.05, 4.69) is 27.1 Å². The van der Waals surface area contributed by atoms with Gasteiger partial charge in [-0.25, -0.2) is 0 Å². The van der Waals surface area contributed by atoms with Crippen LogP contribution in [0, 0.1) is 0 Å². The van der Waals surface area contributed by atoms with Gasteiger partial charge in [-0.3, -0.25) is 4.79 Å². The quantitative estimate of drug-likeness (QED) is 0.334. The normalized spacial score (nSPS) is 15.9. The summed E-state index contributed by atoms with van der Waals surface area (Å²) >= 11 is 11.9. The molecular formula is C26H32Cl2N6O3. The molecule has 2 aromatic heterocycles. The highest BCUT2D eigenvalue weighted by atomic mass is 35.5. The number of fused-ring (bicyclic) bond motifs is 2. The average molecular weight is 547 g/mol. The van der Waals surface area contributed by atoms with Gasteiger partial charge < -0.3 is 29.7 Å². The molecule has 4 aromatic rings. The van der Waals surface area contributed by atoms with Gasteiger partial charge >= 0.3 is 0 Å². The number of Topliss-reactive ketones (excluding diaryl/α,β-unsaturated/α-hetero) is 1. The van der Waals surface area contributed by atoms with Gasteiger partial charge in [0.1, 0.15) is 16.8 Å². The van der Waals surface area contributed by atoms with Crippen LogP contribution in [0.5, 0.6) is 0 Å². The number of oxazole rings is 2. The Labute approximate surface area is 225 Å².